The molecule has 0 bridgehead atoms. The van der Waals surface area contributed by atoms with Crippen molar-refractivity contribution in [1.82, 2.24) is 14.6 Å². The van der Waals surface area contributed by atoms with E-state index in [1.807, 2.05) is 20.8 Å². The molecule has 1 aromatic heterocycles. The molecule has 0 unspecified atom stereocenters. The Hall–Kier alpha value is -1.18. The monoisotopic (exact) mass is 333 g/mol. The quantitative estimate of drug-likeness (QED) is 0.888. The highest BCUT2D eigenvalue weighted by atomic mass is 35.5. The topological polar surface area (TPSA) is 79.4 Å². The molecule has 0 aromatic carbocycles. The molecule has 0 radical (unpaired) electrons. The number of hydrogen-bond acceptors (Lipinski definition) is 4. The van der Waals surface area contributed by atoms with E-state index in [4.69, 9.17) is 11.6 Å². The summed E-state index contributed by atoms with van der Waals surface area (Å²) in [6.07, 6.45) is 2.59. The molecule has 0 saturated heterocycles. The minimum absolute atomic E-state index is 0.0830. The molecular weight excluding hydrogens is 314 g/mol. The van der Waals surface area contributed by atoms with Gasteiger partial charge in [-0.3, -0.25) is 9.78 Å². The SMILES string of the molecule is CCN(CC(=O)NC(C)(C)C)S(=O)(=O)c1cnccc1Cl. The Bertz CT molecular complexity index is 611. The lowest BCUT2D eigenvalue weighted by Crippen LogP contribution is -2.47. The Morgan fingerprint density at radius 2 is 2.05 bits per heavy atom. The molecular formula is C13H20ClN3O3S. The van der Waals surface area contributed by atoms with E-state index in [1.165, 1.54) is 18.5 Å². The predicted molar refractivity (Wildman–Crippen MR) is 81.6 cm³/mol. The molecule has 1 amide bonds. The van der Waals surface area contributed by atoms with Crippen LogP contribution in [0.4, 0.5) is 0 Å². The second-order valence-corrected chi connectivity index (χ2v) is 7.85. The number of sulfonamides is 1. The largest absolute Gasteiger partial charge is 0.350 e. The highest BCUT2D eigenvalue weighted by Gasteiger charge is 2.28. The third kappa shape index (κ3) is 4.94. The summed E-state index contributed by atoms with van der Waals surface area (Å²) in [7, 11) is -3.85. The van der Waals surface area contributed by atoms with E-state index >= 15 is 0 Å². The summed E-state index contributed by atoms with van der Waals surface area (Å²) in [6.45, 7) is 7.04. The van der Waals surface area contributed by atoms with Crippen LogP contribution in [0, 0.1) is 0 Å². The number of hydrogen-bond donors (Lipinski definition) is 1. The third-order valence-corrected chi connectivity index (χ3v) is 4.93. The zero-order valence-corrected chi connectivity index (χ0v) is 14.1. The van der Waals surface area contributed by atoms with Gasteiger partial charge in [-0.05, 0) is 26.8 Å². The van der Waals surface area contributed by atoms with E-state index in [9.17, 15) is 13.2 Å². The highest BCUT2D eigenvalue weighted by Crippen LogP contribution is 2.23. The number of aromatic nitrogens is 1. The van der Waals surface area contributed by atoms with Gasteiger partial charge < -0.3 is 5.32 Å². The van der Waals surface area contributed by atoms with Gasteiger partial charge in [0.15, 0.2) is 0 Å². The fraction of sp³-hybridized carbons (Fsp3) is 0.538. The Morgan fingerprint density at radius 3 is 2.52 bits per heavy atom. The van der Waals surface area contributed by atoms with Gasteiger partial charge in [0, 0.05) is 24.5 Å². The van der Waals surface area contributed by atoms with Gasteiger partial charge in [-0.15, -0.1) is 0 Å². The van der Waals surface area contributed by atoms with E-state index in [0.29, 0.717) is 0 Å². The fourth-order valence-electron chi connectivity index (χ4n) is 1.68. The Kier molecular flexibility index (Phi) is 5.72. The lowest BCUT2D eigenvalue weighted by molar-refractivity contribution is -0.122. The van der Waals surface area contributed by atoms with Gasteiger partial charge >= 0.3 is 0 Å². The molecule has 1 N–H and O–H groups in total. The van der Waals surface area contributed by atoms with Crippen LogP contribution in [0.3, 0.4) is 0 Å². The van der Waals surface area contributed by atoms with Gasteiger partial charge in [-0.1, -0.05) is 18.5 Å². The van der Waals surface area contributed by atoms with E-state index < -0.39 is 15.6 Å². The molecule has 8 heteroatoms. The third-order valence-electron chi connectivity index (χ3n) is 2.54. The Balaban J connectivity index is 2.99. The first-order valence-corrected chi connectivity index (χ1v) is 8.30. The number of carbonyl (C=O) groups excluding carboxylic acids is 1. The van der Waals surface area contributed by atoms with Crippen LogP contribution in [-0.2, 0) is 14.8 Å². The maximum atomic E-state index is 12.5. The van der Waals surface area contributed by atoms with Crippen molar-refractivity contribution in [1.29, 1.82) is 0 Å². The summed E-state index contributed by atoms with van der Waals surface area (Å²) < 4.78 is 26.1. The normalized spacial score (nSPS) is 12.5. The molecule has 0 aliphatic heterocycles. The van der Waals surface area contributed by atoms with E-state index in [-0.39, 0.29) is 28.9 Å². The second kappa shape index (κ2) is 6.72. The maximum Gasteiger partial charge on any atom is 0.246 e. The van der Waals surface area contributed by atoms with Crippen LogP contribution in [0.25, 0.3) is 0 Å². The van der Waals surface area contributed by atoms with Gasteiger partial charge in [0.25, 0.3) is 0 Å². The van der Waals surface area contributed by atoms with Crippen molar-refractivity contribution >= 4 is 27.5 Å². The molecule has 0 saturated carbocycles. The zero-order valence-electron chi connectivity index (χ0n) is 12.6. The van der Waals surface area contributed by atoms with Crippen molar-refractivity contribution in [3.05, 3.63) is 23.5 Å². The van der Waals surface area contributed by atoms with Crippen LogP contribution in [-0.4, -0.2) is 42.2 Å². The van der Waals surface area contributed by atoms with Gasteiger partial charge in [-0.2, -0.15) is 4.31 Å². The summed E-state index contributed by atoms with van der Waals surface area (Å²) in [5.41, 5.74) is -0.424. The molecule has 1 aromatic rings. The van der Waals surface area contributed by atoms with Gasteiger partial charge in [-0.25, -0.2) is 8.42 Å². The number of carbonyl (C=O) groups is 1. The summed E-state index contributed by atoms with van der Waals surface area (Å²) in [5.74, 6) is -0.368. The zero-order chi connectivity index (χ0) is 16.3. The van der Waals surface area contributed by atoms with Crippen molar-refractivity contribution < 1.29 is 13.2 Å². The average Bonchev–Trinajstić information content (AvgIpc) is 2.33. The summed E-state index contributed by atoms with van der Waals surface area (Å²) >= 11 is 5.91. The predicted octanol–water partition coefficient (Wildman–Crippen LogP) is 1.66. The molecule has 0 aliphatic carbocycles. The number of rotatable bonds is 5. The van der Waals surface area contributed by atoms with Crippen molar-refractivity contribution in [2.75, 3.05) is 13.1 Å². The first-order valence-electron chi connectivity index (χ1n) is 6.48. The summed E-state index contributed by atoms with van der Waals surface area (Å²) in [4.78, 5) is 15.6. The number of nitrogens with one attached hydrogen (secondary N) is 1. The Morgan fingerprint density at radius 1 is 1.43 bits per heavy atom. The number of amides is 1. The lowest BCUT2D eigenvalue weighted by atomic mass is 10.1. The average molecular weight is 334 g/mol. The molecule has 0 atom stereocenters. The first kappa shape index (κ1) is 17.9. The lowest BCUT2D eigenvalue weighted by Gasteiger charge is -2.24. The maximum absolute atomic E-state index is 12.5. The van der Waals surface area contributed by atoms with Gasteiger partial charge in [0.1, 0.15) is 4.90 Å². The molecule has 0 fully saturated rings. The van der Waals surface area contributed by atoms with Crippen molar-refractivity contribution in [2.45, 2.75) is 38.1 Å². The molecule has 1 heterocycles. The minimum atomic E-state index is -3.85. The molecule has 0 spiro atoms. The molecule has 0 aliphatic rings. The molecule has 21 heavy (non-hydrogen) atoms. The first-order chi connectivity index (χ1) is 9.58. The van der Waals surface area contributed by atoms with Crippen LogP contribution in [0.5, 0.6) is 0 Å². The minimum Gasteiger partial charge on any atom is -0.350 e. The van der Waals surface area contributed by atoms with Crippen molar-refractivity contribution in [2.24, 2.45) is 0 Å². The second-order valence-electron chi connectivity index (χ2n) is 5.54. The van der Waals surface area contributed by atoms with Gasteiger partial charge in [0.2, 0.25) is 15.9 Å². The van der Waals surface area contributed by atoms with Crippen LogP contribution in [0.15, 0.2) is 23.4 Å². The van der Waals surface area contributed by atoms with E-state index in [2.05, 4.69) is 10.3 Å². The molecule has 6 nitrogen and oxygen atoms in total. The number of pyridine rings is 1. The van der Waals surface area contributed by atoms with Crippen molar-refractivity contribution in [3.8, 4) is 0 Å². The fourth-order valence-corrected chi connectivity index (χ4v) is 3.49. The number of nitrogens with zero attached hydrogens (tertiary/aromatic N) is 2. The van der Waals surface area contributed by atoms with Crippen LogP contribution in [0.1, 0.15) is 27.7 Å². The summed E-state index contributed by atoms with van der Waals surface area (Å²) in [5, 5.41) is 2.81. The number of likely N-dealkylation sites (N-methyl/N-ethyl adjacent to an activating group) is 1. The van der Waals surface area contributed by atoms with E-state index in [0.717, 1.165) is 4.31 Å². The highest BCUT2D eigenvalue weighted by molar-refractivity contribution is 7.89. The van der Waals surface area contributed by atoms with Crippen LogP contribution >= 0.6 is 11.6 Å². The van der Waals surface area contributed by atoms with Crippen molar-refractivity contribution in [3.63, 3.8) is 0 Å². The Labute approximate surface area is 130 Å². The smallest absolute Gasteiger partial charge is 0.246 e. The van der Waals surface area contributed by atoms with Crippen LogP contribution < -0.4 is 5.32 Å². The van der Waals surface area contributed by atoms with Gasteiger partial charge in [0.05, 0.1) is 11.6 Å². The summed E-state index contributed by atoms with van der Waals surface area (Å²) in [6, 6.07) is 1.40. The standard InChI is InChI=1S/C13H20ClN3O3S/c1-5-17(9-12(18)16-13(2,3)4)21(19,20)11-8-15-7-6-10(11)14/h6-8H,5,9H2,1-4H3,(H,16,18). The molecule has 118 valence electrons. The molecule has 1 rings (SSSR count). The number of halogens is 1. The van der Waals surface area contributed by atoms with E-state index in [1.54, 1.807) is 6.92 Å². The van der Waals surface area contributed by atoms with Crippen LogP contribution in [0.2, 0.25) is 5.02 Å².